The quantitative estimate of drug-likeness (QED) is 0.292. The second-order valence-electron chi connectivity index (χ2n) is 9.86. The number of benzene rings is 1. The van der Waals surface area contributed by atoms with Crippen LogP contribution >= 0.6 is 0 Å². The van der Waals surface area contributed by atoms with E-state index >= 15 is 0 Å². The van der Waals surface area contributed by atoms with Crippen molar-refractivity contribution in [2.75, 3.05) is 0 Å². The molecule has 0 amide bonds. The Kier molecular flexibility index (Phi) is 13.2. The third kappa shape index (κ3) is 12.2. The molecule has 0 heterocycles. The van der Waals surface area contributed by atoms with Gasteiger partial charge in [0.2, 0.25) is 0 Å². The molecule has 0 bridgehead atoms. The molecule has 0 fully saturated rings. The summed E-state index contributed by atoms with van der Waals surface area (Å²) in [5.74, 6) is -1.12. The molecule has 36 heavy (non-hydrogen) atoms. The summed E-state index contributed by atoms with van der Waals surface area (Å²) in [5.41, 5.74) is 6.63. The maximum atomic E-state index is 12.5. The third-order valence-electron chi connectivity index (χ3n) is 5.38. The van der Waals surface area contributed by atoms with Crippen LogP contribution in [0.5, 0.6) is 11.5 Å². The van der Waals surface area contributed by atoms with Crippen molar-refractivity contribution in [3.8, 4) is 11.5 Å². The van der Waals surface area contributed by atoms with Gasteiger partial charge in [0.05, 0.1) is 0 Å². The zero-order valence-electron chi connectivity index (χ0n) is 22.5. The molecule has 9 nitrogen and oxygen atoms in total. The Morgan fingerprint density at radius 1 is 0.778 bits per heavy atom. The van der Waals surface area contributed by atoms with Crippen LogP contribution in [-0.4, -0.2) is 42.1 Å². The maximum absolute atomic E-state index is 12.5. The normalized spacial score (nSPS) is 13.6. The first-order valence-corrected chi connectivity index (χ1v) is 12.5. The van der Waals surface area contributed by atoms with Crippen molar-refractivity contribution in [2.24, 2.45) is 17.6 Å². The van der Waals surface area contributed by atoms with Crippen molar-refractivity contribution < 1.29 is 38.1 Å². The van der Waals surface area contributed by atoms with E-state index in [0.29, 0.717) is 30.2 Å². The number of esters is 4. The summed E-state index contributed by atoms with van der Waals surface area (Å²) in [5, 5.41) is 0. The van der Waals surface area contributed by atoms with Crippen LogP contribution < -0.4 is 15.2 Å². The summed E-state index contributed by atoms with van der Waals surface area (Å²) >= 11 is 0. The highest BCUT2D eigenvalue weighted by Crippen LogP contribution is 2.30. The van der Waals surface area contributed by atoms with Crippen molar-refractivity contribution >= 4 is 23.9 Å². The Morgan fingerprint density at radius 3 is 1.78 bits per heavy atom. The number of hydrogen-bond acceptors (Lipinski definition) is 9. The first-order chi connectivity index (χ1) is 16.8. The van der Waals surface area contributed by atoms with Crippen molar-refractivity contribution in [1.29, 1.82) is 0 Å². The van der Waals surface area contributed by atoms with Crippen LogP contribution in [0.3, 0.4) is 0 Å². The molecular weight excluding hydrogens is 466 g/mol. The lowest BCUT2D eigenvalue weighted by Crippen LogP contribution is -2.39. The smallest absolute Gasteiger partial charge is 0.323 e. The van der Waals surface area contributed by atoms with Crippen LogP contribution in [0.15, 0.2) is 18.2 Å². The minimum absolute atomic E-state index is 0.0889. The molecule has 0 spiro atoms. The number of carbonyl (C=O) groups excluding carboxylic acids is 4. The van der Waals surface area contributed by atoms with E-state index in [9.17, 15) is 19.2 Å². The predicted molar refractivity (Wildman–Crippen MR) is 134 cm³/mol. The SMILES string of the molecule is CC(=O)O[C@@H](C)[C@H](C)OC(=O)[C@@H](N)Cc1ccc(OC(=O)CCC(C)C)c(OC(=O)CCC(C)C)c1. The van der Waals surface area contributed by atoms with Crippen molar-refractivity contribution in [3.05, 3.63) is 23.8 Å². The Balaban J connectivity index is 2.96. The predicted octanol–water partition coefficient (Wildman–Crippen LogP) is 4.12. The molecule has 1 aromatic carbocycles. The highest BCUT2D eigenvalue weighted by atomic mass is 16.6. The number of nitrogens with two attached hydrogens (primary N) is 1. The fourth-order valence-corrected chi connectivity index (χ4v) is 3.07. The molecule has 2 N–H and O–H groups in total. The lowest BCUT2D eigenvalue weighted by Gasteiger charge is -2.22. The molecule has 0 radical (unpaired) electrons. The number of rotatable bonds is 14. The third-order valence-corrected chi connectivity index (χ3v) is 5.38. The molecule has 0 aliphatic carbocycles. The van der Waals surface area contributed by atoms with Crippen LogP contribution in [0.4, 0.5) is 0 Å². The average Bonchev–Trinajstić information content (AvgIpc) is 2.77. The van der Waals surface area contributed by atoms with E-state index in [2.05, 4.69) is 0 Å². The van der Waals surface area contributed by atoms with E-state index in [0.717, 1.165) is 0 Å². The Labute approximate surface area is 214 Å². The fourth-order valence-electron chi connectivity index (χ4n) is 3.07. The van der Waals surface area contributed by atoms with E-state index in [1.807, 2.05) is 27.7 Å². The molecule has 0 saturated heterocycles. The zero-order chi connectivity index (χ0) is 27.4. The molecule has 0 aliphatic heterocycles. The van der Waals surface area contributed by atoms with E-state index in [1.54, 1.807) is 19.9 Å². The van der Waals surface area contributed by atoms with E-state index in [-0.39, 0.29) is 30.8 Å². The average molecular weight is 508 g/mol. The Morgan fingerprint density at radius 2 is 1.28 bits per heavy atom. The van der Waals surface area contributed by atoms with Gasteiger partial charge in [-0.15, -0.1) is 0 Å². The van der Waals surface area contributed by atoms with E-state index in [1.165, 1.54) is 19.1 Å². The van der Waals surface area contributed by atoms with E-state index < -0.39 is 42.1 Å². The lowest BCUT2D eigenvalue weighted by molar-refractivity contribution is -0.164. The molecule has 0 saturated carbocycles. The van der Waals surface area contributed by atoms with Gasteiger partial charge in [0.15, 0.2) is 11.5 Å². The maximum Gasteiger partial charge on any atom is 0.323 e. The van der Waals surface area contributed by atoms with Gasteiger partial charge in [0.1, 0.15) is 18.2 Å². The molecule has 0 aromatic heterocycles. The molecule has 1 rings (SSSR count). The lowest BCUT2D eigenvalue weighted by atomic mass is 10.1. The molecule has 1 aromatic rings. The largest absolute Gasteiger partial charge is 0.459 e. The minimum Gasteiger partial charge on any atom is -0.459 e. The summed E-state index contributed by atoms with van der Waals surface area (Å²) in [4.78, 5) is 48.2. The summed E-state index contributed by atoms with van der Waals surface area (Å²) in [6, 6.07) is 3.70. The van der Waals surface area contributed by atoms with Gasteiger partial charge >= 0.3 is 23.9 Å². The van der Waals surface area contributed by atoms with Crippen LogP contribution in [0.2, 0.25) is 0 Å². The molecule has 3 atom stereocenters. The van der Waals surface area contributed by atoms with Crippen LogP contribution in [-0.2, 0) is 35.1 Å². The molecular formula is C27H41NO8. The number of hydrogen-bond donors (Lipinski definition) is 1. The van der Waals surface area contributed by atoms with Gasteiger partial charge in [0.25, 0.3) is 0 Å². The van der Waals surface area contributed by atoms with Gasteiger partial charge in [-0.3, -0.25) is 19.2 Å². The topological polar surface area (TPSA) is 131 Å². The minimum atomic E-state index is -1.01. The Bertz CT molecular complexity index is 896. The van der Waals surface area contributed by atoms with Crippen molar-refractivity contribution in [3.63, 3.8) is 0 Å². The molecule has 202 valence electrons. The van der Waals surface area contributed by atoms with Crippen LogP contribution in [0.1, 0.15) is 79.7 Å². The summed E-state index contributed by atoms with van der Waals surface area (Å²) in [7, 11) is 0. The second-order valence-corrected chi connectivity index (χ2v) is 9.86. The first-order valence-electron chi connectivity index (χ1n) is 12.5. The summed E-state index contributed by atoms with van der Waals surface area (Å²) in [6.45, 7) is 12.5. The number of ether oxygens (including phenoxy) is 4. The van der Waals surface area contributed by atoms with Crippen molar-refractivity contribution in [2.45, 2.75) is 98.8 Å². The van der Waals surface area contributed by atoms with Gasteiger partial charge < -0.3 is 24.7 Å². The van der Waals surface area contributed by atoms with Gasteiger partial charge in [-0.1, -0.05) is 33.8 Å². The summed E-state index contributed by atoms with van der Waals surface area (Å²) < 4.78 is 21.3. The van der Waals surface area contributed by atoms with Gasteiger partial charge in [-0.05, 0) is 62.6 Å². The van der Waals surface area contributed by atoms with E-state index in [4.69, 9.17) is 24.7 Å². The monoisotopic (exact) mass is 507 g/mol. The number of carbonyl (C=O) groups is 4. The molecule has 0 aliphatic rings. The summed E-state index contributed by atoms with van der Waals surface area (Å²) in [6.07, 6.45) is 0.561. The standard InChI is InChI=1S/C27H41NO8/c1-16(2)8-12-25(30)35-23-11-10-21(15-24(23)36-26(31)13-9-17(3)4)14-22(28)27(32)34-19(6)18(5)33-20(7)29/h10-11,15-19,22H,8-9,12-14,28H2,1-7H3/t18-,19-,22-/m0/s1. The Hall–Kier alpha value is -2.94. The highest BCUT2D eigenvalue weighted by Gasteiger charge is 2.24. The fraction of sp³-hybridized carbons (Fsp3) is 0.630. The molecule has 9 heteroatoms. The second kappa shape index (κ2) is 15.2. The zero-order valence-corrected chi connectivity index (χ0v) is 22.5. The highest BCUT2D eigenvalue weighted by molar-refractivity contribution is 5.77. The first kappa shape index (κ1) is 31.1. The van der Waals surface area contributed by atoms with Crippen LogP contribution in [0.25, 0.3) is 0 Å². The molecule has 0 unspecified atom stereocenters. The van der Waals surface area contributed by atoms with Gasteiger partial charge in [-0.25, -0.2) is 0 Å². The van der Waals surface area contributed by atoms with Gasteiger partial charge in [-0.2, -0.15) is 0 Å². The van der Waals surface area contributed by atoms with Crippen LogP contribution in [0, 0.1) is 11.8 Å². The van der Waals surface area contributed by atoms with Gasteiger partial charge in [0, 0.05) is 19.8 Å². The van der Waals surface area contributed by atoms with Crippen molar-refractivity contribution in [1.82, 2.24) is 0 Å².